The first-order valence-electron chi connectivity index (χ1n) is 8.30. The highest BCUT2D eigenvalue weighted by Crippen LogP contribution is 2.51. The predicted octanol–water partition coefficient (Wildman–Crippen LogP) is 3.90. The van der Waals surface area contributed by atoms with E-state index in [0.717, 1.165) is 12.8 Å². The Morgan fingerprint density at radius 1 is 1.45 bits per heavy atom. The molecule has 4 unspecified atom stereocenters. The molecule has 0 aromatic heterocycles. The number of rotatable bonds is 2. The maximum absolute atomic E-state index is 13.4. The first kappa shape index (κ1) is 15.6. The van der Waals surface area contributed by atoms with Crippen molar-refractivity contribution in [2.24, 2.45) is 5.92 Å². The molecule has 0 spiro atoms. The Labute approximate surface area is 133 Å². The predicted molar refractivity (Wildman–Crippen MR) is 89.5 cm³/mol. The molecular formula is C19H27NO2. The van der Waals surface area contributed by atoms with Crippen LogP contribution in [0, 0.1) is 11.1 Å². The normalized spacial score (nSPS) is 36.6. The van der Waals surface area contributed by atoms with Gasteiger partial charge in [0.05, 0.1) is 19.1 Å². The van der Waals surface area contributed by atoms with E-state index in [9.17, 15) is 10.3 Å². The number of hydrogen-bond donors (Lipinski definition) is 1. The van der Waals surface area contributed by atoms with Gasteiger partial charge < -0.3 is 15.0 Å². The number of fused-ring (bicyclic) bond motifs is 4. The smallest absolute Gasteiger partial charge is 0.115 e. The number of nitrogens with zero attached hydrogens (tertiary/aromatic N) is 1. The molecule has 3 rings (SSSR count). The average molecular weight is 301 g/mol. The Balaban J connectivity index is 2.02. The highest BCUT2D eigenvalue weighted by atomic mass is 16.5. The van der Waals surface area contributed by atoms with Gasteiger partial charge in [-0.3, -0.25) is 0 Å². The van der Waals surface area contributed by atoms with Crippen molar-refractivity contribution in [3.63, 3.8) is 0 Å². The van der Waals surface area contributed by atoms with E-state index in [4.69, 9.17) is 0 Å². The summed E-state index contributed by atoms with van der Waals surface area (Å²) in [6.45, 7) is 9.87. The topological polar surface area (TPSA) is 43.3 Å². The Morgan fingerprint density at radius 2 is 2.18 bits per heavy atom. The molecule has 120 valence electrons. The summed E-state index contributed by atoms with van der Waals surface area (Å²) in [6.07, 6.45) is 3.81. The number of aromatic hydroxyl groups is 1. The van der Waals surface area contributed by atoms with E-state index >= 15 is 0 Å². The number of benzene rings is 1. The van der Waals surface area contributed by atoms with Gasteiger partial charge in [-0.2, -0.15) is 0 Å². The lowest BCUT2D eigenvalue weighted by Crippen LogP contribution is -2.65. The number of quaternary nitrogens is 1. The van der Waals surface area contributed by atoms with Gasteiger partial charge in [0.1, 0.15) is 5.75 Å². The van der Waals surface area contributed by atoms with E-state index < -0.39 is 0 Å². The number of piperidine rings is 1. The fraction of sp³-hybridized carbons (Fsp3) is 0.579. The summed E-state index contributed by atoms with van der Waals surface area (Å²) in [6, 6.07) is 5.80. The fourth-order valence-electron chi connectivity index (χ4n) is 4.43. The van der Waals surface area contributed by atoms with Gasteiger partial charge in [0.2, 0.25) is 0 Å². The zero-order valence-electron chi connectivity index (χ0n) is 14.1. The lowest BCUT2D eigenvalue weighted by atomic mass is 9.59. The van der Waals surface area contributed by atoms with Crippen LogP contribution in [0.5, 0.6) is 5.75 Å². The summed E-state index contributed by atoms with van der Waals surface area (Å²) in [5.41, 5.74) is 3.73. The van der Waals surface area contributed by atoms with E-state index in [0.29, 0.717) is 24.8 Å². The minimum atomic E-state index is -0.0950. The van der Waals surface area contributed by atoms with Crippen LogP contribution in [0.1, 0.15) is 45.2 Å². The van der Waals surface area contributed by atoms with Crippen molar-refractivity contribution in [2.45, 2.75) is 52.0 Å². The number of phenolic OH excluding ortho intramolecular Hbond substituents is 1. The molecule has 1 saturated heterocycles. The summed E-state index contributed by atoms with van der Waals surface area (Å²) in [4.78, 5) is 0. The minimum Gasteiger partial charge on any atom is -0.632 e. The molecule has 1 aromatic carbocycles. The third-order valence-electron chi connectivity index (χ3n) is 6.14. The van der Waals surface area contributed by atoms with Gasteiger partial charge in [0.25, 0.3) is 0 Å². The van der Waals surface area contributed by atoms with Crippen LogP contribution >= 0.6 is 0 Å². The van der Waals surface area contributed by atoms with E-state index in [-0.39, 0.29) is 16.1 Å². The van der Waals surface area contributed by atoms with Crippen LogP contribution in [0.4, 0.5) is 0 Å². The first-order valence-corrected chi connectivity index (χ1v) is 8.30. The van der Waals surface area contributed by atoms with Gasteiger partial charge in [0, 0.05) is 24.2 Å². The molecule has 2 bridgehead atoms. The molecule has 1 N–H and O–H groups in total. The summed E-state index contributed by atoms with van der Waals surface area (Å²) in [5, 5.41) is 23.3. The lowest BCUT2D eigenvalue weighted by molar-refractivity contribution is -0.911. The van der Waals surface area contributed by atoms with Crippen LogP contribution < -0.4 is 0 Å². The van der Waals surface area contributed by atoms with Crippen molar-refractivity contribution in [1.29, 1.82) is 0 Å². The molecule has 22 heavy (non-hydrogen) atoms. The van der Waals surface area contributed by atoms with Gasteiger partial charge in [-0.25, -0.2) is 0 Å². The summed E-state index contributed by atoms with van der Waals surface area (Å²) in [7, 11) is 0. The van der Waals surface area contributed by atoms with Gasteiger partial charge in [-0.05, 0) is 43.2 Å². The Bertz CT molecular complexity index is 620. The molecule has 4 atom stereocenters. The molecule has 0 radical (unpaired) electrons. The highest BCUT2D eigenvalue weighted by Gasteiger charge is 2.53. The molecule has 0 saturated carbocycles. The van der Waals surface area contributed by atoms with Gasteiger partial charge >= 0.3 is 0 Å². The quantitative estimate of drug-likeness (QED) is 0.511. The monoisotopic (exact) mass is 301 g/mol. The van der Waals surface area contributed by atoms with Crippen LogP contribution in [-0.2, 0) is 11.8 Å². The largest absolute Gasteiger partial charge is 0.632 e. The van der Waals surface area contributed by atoms with E-state index in [2.05, 4.69) is 33.8 Å². The Hall–Kier alpha value is -1.32. The lowest BCUT2D eigenvalue weighted by Gasteiger charge is -2.61. The van der Waals surface area contributed by atoms with Crippen LogP contribution in [0.2, 0.25) is 0 Å². The molecule has 1 aliphatic carbocycles. The van der Waals surface area contributed by atoms with Gasteiger partial charge in [0.15, 0.2) is 0 Å². The molecule has 3 nitrogen and oxygen atoms in total. The van der Waals surface area contributed by atoms with Crippen molar-refractivity contribution in [1.82, 2.24) is 0 Å². The second-order valence-corrected chi connectivity index (χ2v) is 7.71. The van der Waals surface area contributed by atoms with Crippen molar-refractivity contribution in [3.8, 4) is 5.75 Å². The third kappa shape index (κ3) is 2.27. The van der Waals surface area contributed by atoms with Gasteiger partial charge in [-0.1, -0.05) is 25.5 Å². The Kier molecular flexibility index (Phi) is 3.61. The molecule has 1 aliphatic heterocycles. The molecular weight excluding hydrogens is 274 g/mol. The average Bonchev–Trinajstić information content (AvgIpc) is 2.46. The second kappa shape index (κ2) is 5.10. The van der Waals surface area contributed by atoms with E-state index in [1.165, 1.54) is 16.7 Å². The summed E-state index contributed by atoms with van der Waals surface area (Å²) in [5.74, 6) is 0.669. The summed E-state index contributed by atoms with van der Waals surface area (Å²) >= 11 is 0. The van der Waals surface area contributed by atoms with Crippen LogP contribution in [0.25, 0.3) is 0 Å². The number of likely N-dealkylation sites (tertiary alicyclic amines) is 1. The van der Waals surface area contributed by atoms with Crippen molar-refractivity contribution in [3.05, 3.63) is 46.2 Å². The zero-order valence-corrected chi connectivity index (χ0v) is 14.1. The second-order valence-electron chi connectivity index (χ2n) is 7.71. The zero-order chi connectivity index (χ0) is 16.1. The molecule has 2 aliphatic rings. The van der Waals surface area contributed by atoms with Crippen LogP contribution in [-0.4, -0.2) is 28.9 Å². The molecule has 1 fully saturated rings. The number of allylic oxidation sites excluding steroid dienone is 1. The number of hydroxylamine groups is 3. The SMILES string of the molecule is CC(C)=CC[N+]1([O-])CCC2(C)c3cc(O)ccc3CC1C2C. The van der Waals surface area contributed by atoms with E-state index in [1.54, 1.807) is 6.07 Å². The number of hydrogen-bond acceptors (Lipinski definition) is 2. The van der Waals surface area contributed by atoms with Crippen LogP contribution in [0.15, 0.2) is 29.8 Å². The number of phenols is 1. The molecule has 1 heterocycles. The molecule has 3 heteroatoms. The van der Waals surface area contributed by atoms with E-state index in [1.807, 2.05) is 12.1 Å². The Morgan fingerprint density at radius 3 is 2.86 bits per heavy atom. The maximum Gasteiger partial charge on any atom is 0.115 e. The van der Waals surface area contributed by atoms with Crippen molar-refractivity contribution < 1.29 is 9.75 Å². The molecule has 1 aromatic rings. The maximum atomic E-state index is 13.4. The minimum absolute atomic E-state index is 0.00806. The van der Waals surface area contributed by atoms with Crippen molar-refractivity contribution in [2.75, 3.05) is 13.1 Å². The third-order valence-corrected chi connectivity index (χ3v) is 6.14. The molecule has 0 amide bonds. The van der Waals surface area contributed by atoms with Crippen LogP contribution in [0.3, 0.4) is 0 Å². The summed E-state index contributed by atoms with van der Waals surface area (Å²) < 4.78 is -0.0950. The highest BCUT2D eigenvalue weighted by molar-refractivity contribution is 5.43. The van der Waals surface area contributed by atoms with Crippen molar-refractivity contribution >= 4 is 0 Å². The standard InChI is InChI=1S/C19H27NO2/c1-13(2)7-9-20(22)10-8-19(4)14(3)18(20)11-15-5-6-16(21)12-17(15)19/h5-7,12,14,18,21H,8-11H2,1-4H3. The fourth-order valence-corrected chi connectivity index (χ4v) is 4.43. The van der Waals surface area contributed by atoms with Gasteiger partial charge in [-0.15, -0.1) is 0 Å². The first-order chi connectivity index (χ1) is 10.3.